The molecular formula is C75H82F24N6O34S11. The molecule has 8 saturated heterocycles. The van der Waals surface area contributed by atoms with Crippen molar-refractivity contribution < 1.29 is 255 Å². The van der Waals surface area contributed by atoms with E-state index in [2.05, 4.69) is 0 Å². The summed E-state index contributed by atoms with van der Waals surface area (Å²) >= 11 is 0. The first-order valence-electron chi connectivity index (χ1n) is 42.2. The molecule has 8 heterocycles. The van der Waals surface area contributed by atoms with E-state index < -0.39 is 295 Å². The van der Waals surface area contributed by atoms with E-state index in [4.69, 9.17) is 56.8 Å². The van der Waals surface area contributed by atoms with Gasteiger partial charge < -0.3 is 56.8 Å². The van der Waals surface area contributed by atoms with Crippen LogP contribution in [0.5, 0.6) is 23.0 Å². The van der Waals surface area contributed by atoms with E-state index in [1.165, 1.54) is 97.1 Å². The molecule has 150 heavy (non-hydrogen) atoms. The molecule has 0 N–H and O–H groups in total. The van der Waals surface area contributed by atoms with Crippen LogP contribution in [0.2, 0.25) is 0 Å². The zero-order valence-corrected chi connectivity index (χ0v) is 85.3. The average Bonchev–Trinajstić information content (AvgIpc) is 0.972. The van der Waals surface area contributed by atoms with Crippen LogP contribution < -0.4 is 9.47 Å². The molecule has 1 atom stereocenters. The number of halogens is 24. The molecule has 0 amide bonds. The van der Waals surface area contributed by atoms with Crippen molar-refractivity contribution in [1.82, 2.24) is 22.9 Å². The third-order valence-corrected chi connectivity index (χ3v) is 45.4. The molecular weight excluding hydrogens is 2340 g/mol. The van der Waals surface area contributed by atoms with Gasteiger partial charge in [0.1, 0.15) is 23.0 Å². The molecule has 8 fully saturated rings. The van der Waals surface area contributed by atoms with Gasteiger partial charge in [0, 0.05) is 105 Å². The molecule has 5 aromatic carbocycles. The highest BCUT2D eigenvalue weighted by molar-refractivity contribution is 8.07. The number of ether oxygens (including phenoxy) is 12. The van der Waals surface area contributed by atoms with Crippen LogP contribution >= 0.6 is 0 Å². The molecule has 8 aliphatic rings. The summed E-state index contributed by atoms with van der Waals surface area (Å²) in [6.45, 7) is -9.17. The second kappa shape index (κ2) is 41.7. The highest BCUT2D eigenvalue weighted by Gasteiger charge is 2.91. The molecule has 0 radical (unpaired) electrons. The molecule has 75 heteroatoms. The Bertz CT molecular complexity index is 6720. The van der Waals surface area contributed by atoms with Crippen LogP contribution in [0.3, 0.4) is 0 Å². The van der Waals surface area contributed by atoms with E-state index in [0.29, 0.717) is 18.9 Å². The maximum Gasteiger partial charge on any atom is 0.512 e. The monoisotopic (exact) mass is 2420 g/mol. The fraction of sp³-hybridized carbons (Fsp3) is 0.600. The van der Waals surface area contributed by atoms with Crippen molar-refractivity contribution in [2.24, 2.45) is 5.92 Å². The van der Waals surface area contributed by atoms with Crippen LogP contribution in [0.1, 0.15) is 79.7 Å². The van der Waals surface area contributed by atoms with Gasteiger partial charge in [0.15, 0.2) is 28.9 Å². The first-order valence-corrected chi connectivity index (χ1v) is 59.2. The molecule has 13 rings (SSSR count). The molecule has 0 spiro atoms. The topological polar surface area (TPSA) is 506 Å². The standard InChI is InChI=1S/C28H24F12N2O13S4.C26H30F6N2O13S4.C21H28F6N2O8S3/c29-23(30)25(33,34)56(43,44)41(57(45,46)26(23,35)36)11-9-21(51-13-14-52-21)17-1-5-19(6-2-17)55-20-7-3-18(4-8-20)22(53-15-16-54-22)10-12-42-58(47,48)27(37,38)24(31,32)28(39,40)59(42,49)50;1-48(35,36)33(50(39,40)25(27,28)29)13-11-23(43-15-16-44-23)19-3-7-21(8-4-19)47-22-9-5-20(6-10-22)24(45-17-18-46-24)12-14-34(49(2,37)38)51(41,42)26(30,31)32;1-16(18(36-13-14-37-18)17-9-5-3-6-10-17)15-29(38(2,30)31)40(34,35)21(26,27)19(22,23)20(24,25)39(32,33)28-11-7-4-8-12-28/h1-8H,9-16H2;3-10H,11-18H2,1-2H3;3,5-6,9-10,16H,4,7-8,11-15H2,1-2H3. The summed E-state index contributed by atoms with van der Waals surface area (Å²) in [5.74, 6) is -32.0. The van der Waals surface area contributed by atoms with E-state index in [0.717, 1.165) is 31.2 Å². The Morgan fingerprint density at radius 1 is 0.333 bits per heavy atom. The van der Waals surface area contributed by atoms with Crippen molar-refractivity contribution in [3.05, 3.63) is 155 Å². The van der Waals surface area contributed by atoms with Crippen molar-refractivity contribution in [1.29, 1.82) is 0 Å². The van der Waals surface area contributed by atoms with Gasteiger partial charge in [-0.25, -0.2) is 92.6 Å². The van der Waals surface area contributed by atoms with Crippen LogP contribution in [0.25, 0.3) is 0 Å². The zero-order chi connectivity index (χ0) is 113. The summed E-state index contributed by atoms with van der Waals surface area (Å²) in [4.78, 5) is 0. The summed E-state index contributed by atoms with van der Waals surface area (Å²) in [6, 6.07) is 27.8. The smallest absolute Gasteiger partial charge is 0.457 e. The lowest BCUT2D eigenvalue weighted by Crippen LogP contribution is -2.71. The van der Waals surface area contributed by atoms with E-state index in [-0.39, 0.29) is 140 Å². The molecule has 40 nitrogen and oxygen atoms in total. The Kier molecular flexibility index (Phi) is 34.2. The van der Waals surface area contributed by atoms with Gasteiger partial charge in [-0.05, 0) is 110 Å². The average molecular weight is 2420 g/mol. The molecule has 5 aromatic rings. The molecule has 1 unspecified atom stereocenters. The molecule has 0 bridgehead atoms. The first kappa shape index (κ1) is 123. The van der Waals surface area contributed by atoms with Crippen molar-refractivity contribution >= 4 is 110 Å². The Hall–Kier alpha value is -7.17. The Balaban J connectivity index is 0.000000217. The Labute approximate surface area is 838 Å². The van der Waals surface area contributed by atoms with E-state index >= 15 is 8.78 Å². The van der Waals surface area contributed by atoms with Crippen LogP contribution in [-0.4, -0.2) is 306 Å². The molecule has 0 aliphatic carbocycles. The quantitative estimate of drug-likeness (QED) is 0.0340. The lowest BCUT2D eigenvalue weighted by Gasteiger charge is -2.41. The minimum Gasteiger partial charge on any atom is -0.457 e. The maximum atomic E-state index is 15.1. The number of alkyl halides is 24. The van der Waals surface area contributed by atoms with E-state index in [9.17, 15) is 189 Å². The number of sulfonamides is 11. The van der Waals surface area contributed by atoms with E-state index in [1.807, 2.05) is 0 Å². The van der Waals surface area contributed by atoms with Crippen molar-refractivity contribution in [3.8, 4) is 23.0 Å². The minimum absolute atomic E-state index is 0.0252. The maximum absolute atomic E-state index is 15.1. The van der Waals surface area contributed by atoms with Gasteiger partial charge in [-0.3, -0.25) is 0 Å². The number of rotatable bonds is 35. The lowest BCUT2D eigenvalue weighted by atomic mass is 9.93. The van der Waals surface area contributed by atoms with Crippen LogP contribution in [0.4, 0.5) is 105 Å². The predicted octanol–water partition coefficient (Wildman–Crippen LogP) is 9.88. The summed E-state index contributed by atoms with van der Waals surface area (Å²) in [7, 11) is -69.3. The SMILES string of the molecule is CC(CN(S(C)(=O)=O)S(=O)(=O)C(F)(F)C(F)(F)C(F)(F)S(=O)(=O)N1CCCCC1)C1(c2ccccc2)OCCO1.CS(=O)(=O)N(CCC1(c2ccc(Oc3ccc(C4(CCN(S(C)(=O)=O)S(=O)(=O)C(F)(F)F)OCCO4)cc3)cc2)OCCO1)S(=O)(=O)C(F)(F)F.O=S1(=O)N(CCC2(c3ccc(Oc4ccc(C5(CCN6S(=O)(=O)C(F)(F)C(F)(F)C(F)(F)S6(=O)=O)OCCO5)cc4)cc3)OCCO2)S(=O)(=O)C(F)(F)C(F)(F)C1(F)F. The number of hydrogen-bond donors (Lipinski definition) is 0. The normalized spacial score (nSPS) is 23.3. The largest absolute Gasteiger partial charge is 0.512 e. The van der Waals surface area contributed by atoms with Gasteiger partial charge >= 0.3 is 80.4 Å². The van der Waals surface area contributed by atoms with E-state index in [1.54, 1.807) is 6.07 Å². The number of nitrogens with zero attached hydrogens (tertiary/aromatic N) is 6. The fourth-order valence-electron chi connectivity index (χ4n) is 15.8. The Morgan fingerprint density at radius 3 is 0.840 bits per heavy atom. The van der Waals surface area contributed by atoms with Gasteiger partial charge in [0.2, 0.25) is 30.1 Å². The van der Waals surface area contributed by atoms with Crippen molar-refractivity contribution in [2.45, 2.75) is 141 Å². The van der Waals surface area contributed by atoms with Gasteiger partial charge in [-0.15, -0.1) is 0 Å². The number of piperidine rings is 1. The second-order valence-electron chi connectivity index (χ2n) is 33.2. The van der Waals surface area contributed by atoms with Gasteiger partial charge in [0.25, 0.3) is 60.1 Å². The predicted molar refractivity (Wildman–Crippen MR) is 459 cm³/mol. The number of hydrogen-bond acceptors (Lipinski definition) is 34. The van der Waals surface area contributed by atoms with Crippen LogP contribution in [0.15, 0.2) is 127 Å². The van der Waals surface area contributed by atoms with Crippen molar-refractivity contribution in [3.63, 3.8) is 0 Å². The van der Waals surface area contributed by atoms with Crippen LogP contribution in [-0.2, 0) is 187 Å². The summed E-state index contributed by atoms with van der Waals surface area (Å²) in [6.07, 6.45) is -2.50. The third kappa shape index (κ3) is 21.5. The van der Waals surface area contributed by atoms with Gasteiger partial charge in [-0.2, -0.15) is 110 Å². The lowest BCUT2D eigenvalue weighted by molar-refractivity contribution is -0.249. The van der Waals surface area contributed by atoms with Gasteiger partial charge in [0.05, 0.1) is 84.8 Å². The van der Waals surface area contributed by atoms with Crippen molar-refractivity contribution in [2.75, 3.05) is 131 Å². The number of benzene rings is 5. The zero-order valence-electron chi connectivity index (χ0n) is 76.3. The highest BCUT2D eigenvalue weighted by Crippen LogP contribution is 2.61. The highest BCUT2D eigenvalue weighted by atomic mass is 32.3. The summed E-state index contributed by atoms with van der Waals surface area (Å²) in [5.41, 5.74) is -11.4. The summed E-state index contributed by atoms with van der Waals surface area (Å²) < 4.78 is 669. The third-order valence-electron chi connectivity index (χ3n) is 23.5. The molecule has 0 saturated carbocycles. The first-order chi connectivity index (χ1) is 68.2. The summed E-state index contributed by atoms with van der Waals surface area (Å²) in [5, 5.41) is -39.8. The molecule has 0 aromatic heterocycles. The van der Waals surface area contributed by atoms with Gasteiger partial charge in [-0.1, -0.05) is 62.2 Å². The second-order valence-corrected chi connectivity index (χ2v) is 55.3. The fourth-order valence-corrected chi connectivity index (χ4v) is 33.6. The molecule has 8 aliphatic heterocycles. The van der Waals surface area contributed by atoms with Crippen LogP contribution in [0, 0.1) is 5.92 Å². The Morgan fingerprint density at radius 2 is 0.587 bits per heavy atom. The minimum atomic E-state index is -7.24. The molecule has 850 valence electrons.